The summed E-state index contributed by atoms with van der Waals surface area (Å²) in [5, 5.41) is 6.02. The highest BCUT2D eigenvalue weighted by Crippen LogP contribution is 2.44. The standard InChI is InChI=1S/C18H17N3OS2/c22-16(13-3-9-23-11-13)20-6-4-18(12-20)5-7-21-14(10-19-17(18)21)15-2-1-8-24-15/h1-3,8-11H,4-7,12H2. The minimum Gasteiger partial charge on any atom is -0.338 e. The van der Waals surface area contributed by atoms with Crippen LogP contribution in [0.2, 0.25) is 0 Å². The van der Waals surface area contributed by atoms with Crippen molar-refractivity contribution in [2.24, 2.45) is 0 Å². The number of nitrogens with zero attached hydrogens (tertiary/aromatic N) is 3. The highest BCUT2D eigenvalue weighted by atomic mass is 32.1. The van der Waals surface area contributed by atoms with Crippen molar-refractivity contribution in [2.75, 3.05) is 13.1 Å². The fourth-order valence-corrected chi connectivity index (χ4v) is 5.46. The van der Waals surface area contributed by atoms with Crippen LogP contribution in [0.25, 0.3) is 10.6 Å². The third kappa shape index (κ3) is 2.03. The van der Waals surface area contributed by atoms with Crippen LogP contribution in [0.5, 0.6) is 0 Å². The SMILES string of the molecule is O=C(c1ccsc1)N1CCC2(CCn3c(-c4cccs4)cnc32)C1. The summed E-state index contributed by atoms with van der Waals surface area (Å²) in [4.78, 5) is 20.7. The van der Waals surface area contributed by atoms with Gasteiger partial charge in [0, 0.05) is 30.4 Å². The van der Waals surface area contributed by atoms with Gasteiger partial charge in [-0.3, -0.25) is 4.79 Å². The molecule has 6 heteroatoms. The van der Waals surface area contributed by atoms with E-state index in [4.69, 9.17) is 4.98 Å². The molecule has 3 aromatic rings. The maximum Gasteiger partial charge on any atom is 0.254 e. The van der Waals surface area contributed by atoms with Gasteiger partial charge < -0.3 is 9.47 Å². The van der Waals surface area contributed by atoms with Crippen LogP contribution in [0.15, 0.2) is 40.5 Å². The van der Waals surface area contributed by atoms with Crippen molar-refractivity contribution in [1.82, 2.24) is 14.5 Å². The summed E-state index contributed by atoms with van der Waals surface area (Å²) in [6.45, 7) is 2.63. The molecule has 5 heterocycles. The van der Waals surface area contributed by atoms with Crippen molar-refractivity contribution in [3.05, 3.63) is 51.9 Å². The van der Waals surface area contributed by atoms with Gasteiger partial charge >= 0.3 is 0 Å². The van der Waals surface area contributed by atoms with Crippen LogP contribution in [0, 0.1) is 0 Å². The Kier molecular flexibility index (Phi) is 3.18. The van der Waals surface area contributed by atoms with Gasteiger partial charge in [-0.2, -0.15) is 11.3 Å². The second-order valence-electron chi connectivity index (χ2n) is 6.62. The molecule has 1 amide bonds. The number of imidazole rings is 1. The Balaban J connectivity index is 1.45. The molecule has 122 valence electrons. The molecule has 1 spiro atoms. The molecule has 0 aliphatic carbocycles. The molecular formula is C18H17N3OS2. The summed E-state index contributed by atoms with van der Waals surface area (Å²) < 4.78 is 2.37. The van der Waals surface area contributed by atoms with E-state index < -0.39 is 0 Å². The molecule has 2 aliphatic rings. The number of aromatic nitrogens is 2. The van der Waals surface area contributed by atoms with Crippen LogP contribution in [-0.2, 0) is 12.0 Å². The Hall–Kier alpha value is -1.92. The van der Waals surface area contributed by atoms with Gasteiger partial charge in [-0.25, -0.2) is 4.98 Å². The van der Waals surface area contributed by atoms with Crippen LogP contribution in [-0.4, -0.2) is 33.4 Å². The maximum atomic E-state index is 12.7. The normalized spacial score (nSPS) is 22.4. The van der Waals surface area contributed by atoms with Gasteiger partial charge in [-0.15, -0.1) is 11.3 Å². The van der Waals surface area contributed by atoms with E-state index >= 15 is 0 Å². The van der Waals surface area contributed by atoms with Gasteiger partial charge in [0.15, 0.2) is 0 Å². The summed E-state index contributed by atoms with van der Waals surface area (Å²) >= 11 is 3.34. The molecule has 24 heavy (non-hydrogen) atoms. The van der Waals surface area contributed by atoms with Crippen molar-refractivity contribution in [3.8, 4) is 10.6 Å². The molecule has 0 aromatic carbocycles. The van der Waals surface area contributed by atoms with Crippen LogP contribution in [0.3, 0.4) is 0 Å². The molecule has 1 saturated heterocycles. The molecular weight excluding hydrogens is 338 g/mol. The van der Waals surface area contributed by atoms with E-state index in [0.717, 1.165) is 38.0 Å². The number of fused-ring (bicyclic) bond motifs is 2. The maximum absolute atomic E-state index is 12.7. The fourth-order valence-electron chi connectivity index (χ4n) is 4.08. The lowest BCUT2D eigenvalue weighted by Gasteiger charge is -2.22. The van der Waals surface area contributed by atoms with Crippen molar-refractivity contribution in [3.63, 3.8) is 0 Å². The summed E-state index contributed by atoms with van der Waals surface area (Å²) in [5.74, 6) is 1.34. The first-order valence-electron chi connectivity index (χ1n) is 8.18. The van der Waals surface area contributed by atoms with Crippen LogP contribution in [0.1, 0.15) is 29.0 Å². The number of carbonyl (C=O) groups is 1. The second-order valence-corrected chi connectivity index (χ2v) is 8.34. The molecule has 5 rings (SSSR count). The van der Waals surface area contributed by atoms with Gasteiger partial charge in [0.05, 0.1) is 22.3 Å². The van der Waals surface area contributed by atoms with Crippen LogP contribution >= 0.6 is 22.7 Å². The Labute approximate surface area is 148 Å². The topological polar surface area (TPSA) is 38.1 Å². The molecule has 1 fully saturated rings. The first kappa shape index (κ1) is 14.4. The average Bonchev–Trinajstić information content (AvgIpc) is 3.41. The second kappa shape index (κ2) is 5.29. The van der Waals surface area contributed by atoms with Gasteiger partial charge in [0.1, 0.15) is 5.82 Å². The molecule has 1 unspecified atom stereocenters. The van der Waals surface area contributed by atoms with Crippen LogP contribution < -0.4 is 0 Å². The molecule has 3 aromatic heterocycles. The highest BCUT2D eigenvalue weighted by molar-refractivity contribution is 7.13. The summed E-state index contributed by atoms with van der Waals surface area (Å²) in [6, 6.07) is 6.16. The van der Waals surface area contributed by atoms with Crippen molar-refractivity contribution in [2.45, 2.75) is 24.8 Å². The Morgan fingerprint density at radius 1 is 1.21 bits per heavy atom. The van der Waals surface area contributed by atoms with Crippen molar-refractivity contribution >= 4 is 28.6 Å². The Morgan fingerprint density at radius 2 is 2.12 bits per heavy atom. The van der Waals surface area contributed by atoms with Crippen molar-refractivity contribution in [1.29, 1.82) is 0 Å². The number of hydrogen-bond donors (Lipinski definition) is 0. The van der Waals surface area contributed by atoms with Gasteiger partial charge in [-0.1, -0.05) is 6.07 Å². The van der Waals surface area contributed by atoms with Gasteiger partial charge in [0.2, 0.25) is 0 Å². The van der Waals surface area contributed by atoms with E-state index in [1.165, 1.54) is 16.4 Å². The zero-order valence-corrected chi connectivity index (χ0v) is 14.8. The number of thiophene rings is 2. The predicted molar refractivity (Wildman–Crippen MR) is 96.7 cm³/mol. The zero-order valence-electron chi connectivity index (χ0n) is 13.1. The third-order valence-electron chi connectivity index (χ3n) is 5.33. The molecule has 0 radical (unpaired) electrons. The van der Waals surface area contributed by atoms with E-state index in [0.29, 0.717) is 0 Å². The minimum atomic E-state index is 0.0428. The predicted octanol–water partition coefficient (Wildman–Crippen LogP) is 3.86. The lowest BCUT2D eigenvalue weighted by atomic mass is 9.85. The lowest BCUT2D eigenvalue weighted by Crippen LogP contribution is -2.33. The average molecular weight is 355 g/mol. The molecule has 1 atom stereocenters. The summed E-state index contributed by atoms with van der Waals surface area (Å²) in [7, 11) is 0. The largest absolute Gasteiger partial charge is 0.338 e. The molecule has 4 nitrogen and oxygen atoms in total. The van der Waals surface area contributed by atoms with Crippen LogP contribution in [0.4, 0.5) is 0 Å². The number of amides is 1. The monoisotopic (exact) mass is 355 g/mol. The lowest BCUT2D eigenvalue weighted by molar-refractivity contribution is 0.0783. The van der Waals surface area contributed by atoms with Gasteiger partial charge in [0.25, 0.3) is 5.91 Å². The van der Waals surface area contributed by atoms with E-state index in [-0.39, 0.29) is 11.3 Å². The smallest absolute Gasteiger partial charge is 0.254 e. The number of likely N-dealkylation sites (tertiary alicyclic amines) is 1. The molecule has 0 bridgehead atoms. The molecule has 0 N–H and O–H groups in total. The third-order valence-corrected chi connectivity index (χ3v) is 6.90. The summed E-state index contributed by atoms with van der Waals surface area (Å²) in [6.07, 6.45) is 4.11. The summed E-state index contributed by atoms with van der Waals surface area (Å²) in [5.41, 5.74) is 2.08. The first-order chi connectivity index (χ1) is 11.8. The number of rotatable bonds is 2. The Bertz CT molecular complexity index is 882. The fraction of sp³-hybridized carbons (Fsp3) is 0.333. The molecule has 0 saturated carbocycles. The van der Waals surface area contributed by atoms with Crippen molar-refractivity contribution < 1.29 is 4.79 Å². The van der Waals surface area contributed by atoms with E-state index in [2.05, 4.69) is 22.1 Å². The van der Waals surface area contributed by atoms with E-state index in [1.54, 1.807) is 22.7 Å². The Morgan fingerprint density at radius 3 is 2.92 bits per heavy atom. The minimum absolute atomic E-state index is 0.0428. The first-order valence-corrected chi connectivity index (χ1v) is 10.0. The number of carbonyl (C=O) groups excluding carboxylic acids is 1. The van der Waals surface area contributed by atoms with E-state index in [9.17, 15) is 4.79 Å². The van der Waals surface area contributed by atoms with E-state index in [1.807, 2.05) is 27.9 Å². The van der Waals surface area contributed by atoms with Gasteiger partial charge in [-0.05, 0) is 35.7 Å². The quantitative estimate of drug-likeness (QED) is 0.700. The highest BCUT2D eigenvalue weighted by Gasteiger charge is 2.48. The molecule has 2 aliphatic heterocycles. The zero-order chi connectivity index (χ0) is 16.1. The number of hydrogen-bond acceptors (Lipinski definition) is 4.